The summed E-state index contributed by atoms with van der Waals surface area (Å²) in [5.41, 5.74) is 1.61. The lowest BCUT2D eigenvalue weighted by atomic mass is 10.2. The second kappa shape index (κ2) is 6.68. The number of benzene rings is 1. The van der Waals surface area contributed by atoms with Crippen molar-refractivity contribution in [3.8, 4) is 0 Å². The Kier molecular flexibility index (Phi) is 4.36. The molecule has 0 unspecified atom stereocenters. The number of carbonyl (C=O) groups excluding carboxylic acids is 1. The zero-order valence-electron chi connectivity index (χ0n) is 13.7. The minimum Gasteiger partial charge on any atom is -0.337 e. The minimum absolute atomic E-state index is 0.173. The number of rotatable bonds is 4. The van der Waals surface area contributed by atoms with Crippen LogP contribution in [-0.2, 0) is 0 Å². The first kappa shape index (κ1) is 17.0. The normalized spacial score (nSPS) is 15.2. The van der Waals surface area contributed by atoms with E-state index in [0.29, 0.717) is 22.4 Å². The molecule has 1 saturated carbocycles. The number of imidazole rings is 1. The number of aromatic nitrogens is 4. The Hall–Kier alpha value is -2.48. The molecule has 4 rings (SSSR count). The number of nitrogens with zero attached hydrogens (tertiary/aromatic N) is 3. The summed E-state index contributed by atoms with van der Waals surface area (Å²) in [5, 5.41) is 7.31. The van der Waals surface area contributed by atoms with Gasteiger partial charge in [0, 0.05) is 5.69 Å². The largest absolute Gasteiger partial charge is 0.337 e. The molecule has 6 nitrogen and oxygen atoms in total. The van der Waals surface area contributed by atoms with Gasteiger partial charge in [0.05, 0.1) is 28.3 Å². The van der Waals surface area contributed by atoms with Gasteiger partial charge in [0.15, 0.2) is 5.82 Å². The number of hydrogen-bond donors (Lipinski definition) is 2. The van der Waals surface area contributed by atoms with Crippen molar-refractivity contribution in [1.29, 1.82) is 0 Å². The van der Waals surface area contributed by atoms with Gasteiger partial charge in [-0.25, -0.2) is 13.8 Å². The second-order valence-corrected chi connectivity index (χ2v) is 6.74. The predicted molar refractivity (Wildman–Crippen MR) is 93.7 cm³/mol. The van der Waals surface area contributed by atoms with Crippen LogP contribution >= 0.6 is 11.6 Å². The lowest BCUT2D eigenvalue weighted by Gasteiger charge is -2.14. The molecule has 26 heavy (non-hydrogen) atoms. The lowest BCUT2D eigenvalue weighted by Crippen LogP contribution is -2.20. The highest BCUT2D eigenvalue weighted by Crippen LogP contribution is 2.32. The van der Waals surface area contributed by atoms with E-state index in [9.17, 15) is 13.6 Å². The zero-order chi connectivity index (χ0) is 18.3. The number of alkyl halides is 2. The van der Waals surface area contributed by atoms with E-state index < -0.39 is 12.2 Å². The fourth-order valence-corrected chi connectivity index (χ4v) is 3.60. The summed E-state index contributed by atoms with van der Waals surface area (Å²) < 4.78 is 27.2. The smallest absolute Gasteiger partial charge is 0.295 e. The van der Waals surface area contributed by atoms with Gasteiger partial charge in [0.25, 0.3) is 12.3 Å². The first-order chi connectivity index (χ1) is 12.5. The van der Waals surface area contributed by atoms with Crippen molar-refractivity contribution in [3.05, 3.63) is 40.9 Å². The standard InChI is InChI=1S/C17H16ClF2N5O/c18-11-8-21-25(10-3-1-2-4-10)14(11)17(26)22-9-5-6-12-13(7-9)24-16(23-12)15(19)20/h5-8,10,15H,1-4H2,(H,22,26)(H,23,24). The summed E-state index contributed by atoms with van der Waals surface area (Å²) in [6, 6.07) is 4.92. The number of anilines is 1. The third-order valence-corrected chi connectivity index (χ3v) is 4.88. The molecule has 0 saturated heterocycles. The van der Waals surface area contributed by atoms with Gasteiger partial charge in [-0.15, -0.1) is 0 Å². The molecule has 0 aliphatic heterocycles. The van der Waals surface area contributed by atoms with E-state index in [0.717, 1.165) is 25.7 Å². The topological polar surface area (TPSA) is 75.6 Å². The second-order valence-electron chi connectivity index (χ2n) is 6.33. The molecule has 0 spiro atoms. The van der Waals surface area contributed by atoms with E-state index in [4.69, 9.17) is 11.6 Å². The van der Waals surface area contributed by atoms with Crippen molar-refractivity contribution in [2.24, 2.45) is 0 Å². The van der Waals surface area contributed by atoms with Gasteiger partial charge >= 0.3 is 0 Å². The molecule has 0 atom stereocenters. The number of aromatic amines is 1. The number of carbonyl (C=O) groups is 1. The maximum Gasteiger partial charge on any atom is 0.295 e. The van der Waals surface area contributed by atoms with Crippen LogP contribution in [0.15, 0.2) is 24.4 Å². The Morgan fingerprint density at radius 1 is 1.35 bits per heavy atom. The molecule has 0 bridgehead atoms. The van der Waals surface area contributed by atoms with Crippen LogP contribution in [0.2, 0.25) is 5.02 Å². The summed E-state index contributed by atoms with van der Waals surface area (Å²) in [5.74, 6) is -0.779. The summed E-state index contributed by atoms with van der Waals surface area (Å²) in [4.78, 5) is 19.1. The van der Waals surface area contributed by atoms with E-state index >= 15 is 0 Å². The van der Waals surface area contributed by atoms with Gasteiger partial charge in [0.2, 0.25) is 0 Å². The predicted octanol–water partition coefficient (Wildman–Crippen LogP) is 4.72. The SMILES string of the molecule is O=C(Nc1ccc2nc(C(F)F)[nH]c2c1)c1c(Cl)cnn1C1CCCC1. The van der Waals surface area contributed by atoms with E-state index in [1.807, 2.05) is 0 Å². The molecule has 0 radical (unpaired) electrons. The van der Waals surface area contributed by atoms with E-state index in [-0.39, 0.29) is 17.0 Å². The maximum absolute atomic E-state index is 12.8. The summed E-state index contributed by atoms with van der Waals surface area (Å²) in [6.07, 6.45) is 2.93. The third kappa shape index (κ3) is 3.05. The van der Waals surface area contributed by atoms with Crippen LogP contribution in [0.3, 0.4) is 0 Å². The average Bonchev–Trinajstić information content (AvgIpc) is 3.32. The van der Waals surface area contributed by atoms with Crippen LogP contribution in [0.5, 0.6) is 0 Å². The van der Waals surface area contributed by atoms with Crippen LogP contribution in [0.1, 0.15) is 54.5 Å². The molecule has 9 heteroatoms. The minimum atomic E-state index is -2.68. The highest BCUT2D eigenvalue weighted by Gasteiger charge is 2.25. The van der Waals surface area contributed by atoms with E-state index in [1.54, 1.807) is 22.9 Å². The Morgan fingerprint density at radius 2 is 2.12 bits per heavy atom. The van der Waals surface area contributed by atoms with Crippen LogP contribution < -0.4 is 5.32 Å². The summed E-state index contributed by atoms with van der Waals surface area (Å²) in [6.45, 7) is 0. The molecule has 1 fully saturated rings. The molecule has 2 heterocycles. The molecular weight excluding hydrogens is 364 g/mol. The average molecular weight is 380 g/mol. The molecule has 1 aliphatic carbocycles. The van der Waals surface area contributed by atoms with Crippen molar-refractivity contribution in [2.45, 2.75) is 38.2 Å². The molecule has 2 N–H and O–H groups in total. The lowest BCUT2D eigenvalue weighted by molar-refractivity contribution is 0.101. The summed E-state index contributed by atoms with van der Waals surface area (Å²) in [7, 11) is 0. The maximum atomic E-state index is 12.8. The molecule has 3 aromatic rings. The highest BCUT2D eigenvalue weighted by molar-refractivity contribution is 6.34. The van der Waals surface area contributed by atoms with Crippen molar-refractivity contribution >= 4 is 34.2 Å². The first-order valence-corrected chi connectivity index (χ1v) is 8.73. The molecule has 2 aromatic heterocycles. The third-order valence-electron chi connectivity index (χ3n) is 4.60. The van der Waals surface area contributed by atoms with Gasteiger partial charge in [0.1, 0.15) is 5.69 Å². The monoisotopic (exact) mass is 379 g/mol. The van der Waals surface area contributed by atoms with Crippen LogP contribution in [0.25, 0.3) is 11.0 Å². The molecule has 1 aliphatic rings. The van der Waals surface area contributed by atoms with Crippen molar-refractivity contribution in [2.75, 3.05) is 5.32 Å². The number of nitrogens with one attached hydrogen (secondary N) is 2. The number of halogens is 3. The van der Waals surface area contributed by atoms with Crippen LogP contribution in [-0.4, -0.2) is 25.7 Å². The van der Waals surface area contributed by atoms with E-state index in [1.165, 1.54) is 6.20 Å². The highest BCUT2D eigenvalue weighted by atomic mass is 35.5. The molecular formula is C17H16ClF2N5O. The fourth-order valence-electron chi connectivity index (χ4n) is 3.38. The quantitative estimate of drug-likeness (QED) is 0.688. The Morgan fingerprint density at radius 3 is 2.85 bits per heavy atom. The van der Waals surface area contributed by atoms with Gasteiger partial charge in [-0.05, 0) is 31.0 Å². The van der Waals surface area contributed by atoms with Crippen molar-refractivity contribution < 1.29 is 13.6 Å². The Bertz CT molecular complexity index is 961. The number of fused-ring (bicyclic) bond motifs is 1. The number of H-pyrrole nitrogens is 1. The first-order valence-electron chi connectivity index (χ1n) is 8.35. The molecule has 136 valence electrons. The van der Waals surface area contributed by atoms with Gasteiger partial charge in [-0.3, -0.25) is 9.48 Å². The van der Waals surface area contributed by atoms with Gasteiger partial charge < -0.3 is 10.3 Å². The number of hydrogen-bond acceptors (Lipinski definition) is 3. The van der Waals surface area contributed by atoms with Gasteiger partial charge in [-0.1, -0.05) is 24.4 Å². The van der Waals surface area contributed by atoms with Crippen molar-refractivity contribution in [3.63, 3.8) is 0 Å². The zero-order valence-corrected chi connectivity index (χ0v) is 14.4. The number of amides is 1. The van der Waals surface area contributed by atoms with Crippen LogP contribution in [0, 0.1) is 0 Å². The Labute approximate surface area is 152 Å². The van der Waals surface area contributed by atoms with Gasteiger partial charge in [-0.2, -0.15) is 5.10 Å². The molecule has 1 aromatic carbocycles. The van der Waals surface area contributed by atoms with Crippen LogP contribution in [0.4, 0.5) is 14.5 Å². The molecule has 1 amide bonds. The fraction of sp³-hybridized carbons (Fsp3) is 0.353. The van der Waals surface area contributed by atoms with E-state index in [2.05, 4.69) is 20.4 Å². The Balaban J connectivity index is 1.60. The van der Waals surface area contributed by atoms with Crippen molar-refractivity contribution in [1.82, 2.24) is 19.7 Å². The summed E-state index contributed by atoms with van der Waals surface area (Å²) >= 11 is 6.17.